The first-order valence-corrected chi connectivity index (χ1v) is 5.51. The lowest BCUT2D eigenvalue weighted by molar-refractivity contribution is 0.495. The quantitative estimate of drug-likeness (QED) is 0.830. The summed E-state index contributed by atoms with van der Waals surface area (Å²) in [6, 6.07) is 3.71. The topological polar surface area (TPSA) is 67.8 Å². The number of nitrogens with one attached hydrogen (secondary N) is 1. The van der Waals surface area contributed by atoms with Gasteiger partial charge >= 0.3 is 0 Å². The van der Waals surface area contributed by atoms with Crippen molar-refractivity contribution >= 4 is 0 Å². The lowest BCUT2D eigenvalue weighted by Gasteiger charge is -2.10. The molecule has 0 saturated carbocycles. The number of nitrogens with zero attached hydrogens (tertiary/aromatic N) is 1. The summed E-state index contributed by atoms with van der Waals surface area (Å²) in [6.07, 6.45) is 4.32. The fraction of sp³-hybridized carbons (Fsp3) is 0.417. The Morgan fingerprint density at radius 2 is 2.31 bits per heavy atom. The highest BCUT2D eigenvalue weighted by Gasteiger charge is 2.13. The van der Waals surface area contributed by atoms with Crippen molar-refractivity contribution in [3.8, 4) is 11.5 Å². The van der Waals surface area contributed by atoms with Crippen LogP contribution in [0.15, 0.2) is 29.0 Å². The number of rotatable bonds is 4. The fourth-order valence-electron chi connectivity index (χ4n) is 1.70. The zero-order valence-electron chi connectivity index (χ0n) is 9.60. The molecular weight excluding hydrogens is 202 g/mol. The van der Waals surface area contributed by atoms with Crippen LogP contribution in [0.25, 0.3) is 11.5 Å². The van der Waals surface area contributed by atoms with Gasteiger partial charge < -0.3 is 15.1 Å². The first kappa shape index (κ1) is 11.0. The maximum atomic E-state index is 6.04. The van der Waals surface area contributed by atoms with Crippen molar-refractivity contribution in [1.29, 1.82) is 0 Å². The number of hydrogen-bond acceptors (Lipinski definition) is 3. The van der Waals surface area contributed by atoms with Crippen LogP contribution >= 0.6 is 0 Å². The Hall–Kier alpha value is -1.55. The van der Waals surface area contributed by atoms with Gasteiger partial charge in [0, 0.05) is 0 Å². The summed E-state index contributed by atoms with van der Waals surface area (Å²) >= 11 is 0. The van der Waals surface area contributed by atoms with Crippen LogP contribution in [0.5, 0.6) is 0 Å². The molecule has 4 heteroatoms. The van der Waals surface area contributed by atoms with Crippen molar-refractivity contribution in [3.05, 3.63) is 30.4 Å². The molecule has 0 aliphatic rings. The normalized spacial score (nSPS) is 13.2. The molecule has 0 aliphatic carbocycles. The standard InChI is InChI=1S/C12H17N3O/c1-8(2)6-9(13)12-14-7-10(15-12)11-4-3-5-16-11/h3-5,7-9H,6,13H2,1-2H3,(H,14,15). The molecule has 0 aliphatic heterocycles. The van der Waals surface area contributed by atoms with Gasteiger partial charge in [0.15, 0.2) is 5.76 Å². The van der Waals surface area contributed by atoms with Gasteiger partial charge in [-0.1, -0.05) is 13.8 Å². The maximum absolute atomic E-state index is 6.04. The van der Waals surface area contributed by atoms with E-state index in [1.807, 2.05) is 12.1 Å². The van der Waals surface area contributed by atoms with Gasteiger partial charge in [0.05, 0.1) is 18.5 Å². The third-order valence-electron chi connectivity index (χ3n) is 2.46. The van der Waals surface area contributed by atoms with Gasteiger partial charge in [-0.2, -0.15) is 0 Å². The Labute approximate surface area is 94.9 Å². The van der Waals surface area contributed by atoms with E-state index in [-0.39, 0.29) is 6.04 Å². The summed E-state index contributed by atoms with van der Waals surface area (Å²) < 4.78 is 5.28. The van der Waals surface area contributed by atoms with E-state index in [9.17, 15) is 0 Å². The van der Waals surface area contributed by atoms with Crippen LogP contribution in [0.1, 0.15) is 32.1 Å². The second kappa shape index (κ2) is 4.53. The predicted octanol–water partition coefficient (Wildman–Crippen LogP) is 2.72. The van der Waals surface area contributed by atoms with Gasteiger partial charge in [-0.25, -0.2) is 4.98 Å². The second-order valence-electron chi connectivity index (χ2n) is 4.40. The van der Waals surface area contributed by atoms with E-state index in [0.29, 0.717) is 5.92 Å². The predicted molar refractivity (Wildman–Crippen MR) is 62.7 cm³/mol. The number of nitrogens with two attached hydrogens (primary N) is 1. The Morgan fingerprint density at radius 1 is 1.50 bits per heavy atom. The van der Waals surface area contributed by atoms with Gasteiger partial charge in [0.1, 0.15) is 11.5 Å². The summed E-state index contributed by atoms with van der Waals surface area (Å²) in [5, 5.41) is 0. The number of imidazole rings is 1. The fourth-order valence-corrected chi connectivity index (χ4v) is 1.70. The molecule has 1 unspecified atom stereocenters. The first-order valence-electron chi connectivity index (χ1n) is 5.51. The molecule has 0 radical (unpaired) electrons. The van der Waals surface area contributed by atoms with Crippen molar-refractivity contribution in [2.45, 2.75) is 26.3 Å². The van der Waals surface area contributed by atoms with E-state index in [2.05, 4.69) is 23.8 Å². The van der Waals surface area contributed by atoms with Gasteiger partial charge in [-0.05, 0) is 24.5 Å². The van der Waals surface area contributed by atoms with Gasteiger partial charge in [-0.3, -0.25) is 0 Å². The molecule has 2 aromatic heterocycles. The Kier molecular flexibility index (Phi) is 3.10. The zero-order chi connectivity index (χ0) is 11.5. The molecule has 4 nitrogen and oxygen atoms in total. The Morgan fingerprint density at radius 3 is 2.94 bits per heavy atom. The molecule has 16 heavy (non-hydrogen) atoms. The van der Waals surface area contributed by atoms with Gasteiger partial charge in [0.25, 0.3) is 0 Å². The monoisotopic (exact) mass is 219 g/mol. The molecule has 0 aromatic carbocycles. The molecule has 86 valence electrons. The highest BCUT2D eigenvalue weighted by atomic mass is 16.3. The lowest BCUT2D eigenvalue weighted by Crippen LogP contribution is -2.14. The molecule has 2 aromatic rings. The SMILES string of the molecule is CC(C)CC(N)c1ncc(-c2ccco2)[nH]1. The van der Waals surface area contributed by atoms with Crippen LogP contribution in [0, 0.1) is 5.92 Å². The molecule has 0 fully saturated rings. The highest BCUT2D eigenvalue weighted by molar-refractivity contribution is 5.50. The van der Waals surface area contributed by atoms with E-state index in [1.54, 1.807) is 12.5 Å². The smallest absolute Gasteiger partial charge is 0.151 e. The molecule has 0 amide bonds. The van der Waals surface area contributed by atoms with Crippen LogP contribution in [-0.2, 0) is 0 Å². The van der Waals surface area contributed by atoms with Gasteiger partial charge in [-0.15, -0.1) is 0 Å². The minimum atomic E-state index is -0.0382. The third kappa shape index (κ3) is 2.33. The average Bonchev–Trinajstić information content (AvgIpc) is 2.87. The second-order valence-corrected chi connectivity index (χ2v) is 4.40. The highest BCUT2D eigenvalue weighted by Crippen LogP contribution is 2.21. The van der Waals surface area contributed by atoms with Crippen molar-refractivity contribution in [1.82, 2.24) is 9.97 Å². The summed E-state index contributed by atoms with van der Waals surface area (Å²) in [6.45, 7) is 4.30. The van der Waals surface area contributed by atoms with Gasteiger partial charge in [0.2, 0.25) is 0 Å². The summed E-state index contributed by atoms with van der Waals surface area (Å²) in [5.74, 6) is 2.17. The molecule has 0 saturated heterocycles. The molecule has 0 spiro atoms. The molecule has 2 rings (SSSR count). The van der Waals surface area contributed by atoms with E-state index in [4.69, 9.17) is 10.2 Å². The van der Waals surface area contributed by atoms with Crippen molar-refractivity contribution < 1.29 is 4.42 Å². The molecule has 3 N–H and O–H groups in total. The van der Waals surface area contributed by atoms with Crippen LogP contribution in [0.4, 0.5) is 0 Å². The minimum Gasteiger partial charge on any atom is -0.463 e. The third-order valence-corrected chi connectivity index (χ3v) is 2.46. The number of hydrogen-bond donors (Lipinski definition) is 2. The van der Waals surface area contributed by atoms with E-state index < -0.39 is 0 Å². The van der Waals surface area contributed by atoms with Crippen LogP contribution < -0.4 is 5.73 Å². The number of aromatic amines is 1. The van der Waals surface area contributed by atoms with Crippen LogP contribution in [0.2, 0.25) is 0 Å². The summed E-state index contributed by atoms with van der Waals surface area (Å²) in [4.78, 5) is 7.48. The van der Waals surface area contributed by atoms with E-state index >= 15 is 0 Å². The number of furan rings is 1. The molecule has 2 heterocycles. The number of H-pyrrole nitrogens is 1. The molecular formula is C12H17N3O. The van der Waals surface area contributed by atoms with E-state index in [0.717, 1.165) is 23.7 Å². The Bertz CT molecular complexity index is 431. The molecule has 0 bridgehead atoms. The van der Waals surface area contributed by atoms with Crippen molar-refractivity contribution in [2.75, 3.05) is 0 Å². The number of aromatic nitrogens is 2. The first-order chi connectivity index (χ1) is 7.66. The minimum absolute atomic E-state index is 0.0382. The largest absolute Gasteiger partial charge is 0.463 e. The van der Waals surface area contributed by atoms with Crippen molar-refractivity contribution in [2.24, 2.45) is 11.7 Å². The van der Waals surface area contributed by atoms with E-state index in [1.165, 1.54) is 0 Å². The zero-order valence-corrected chi connectivity index (χ0v) is 9.60. The lowest BCUT2D eigenvalue weighted by atomic mass is 10.0. The summed E-state index contributed by atoms with van der Waals surface area (Å²) in [5.41, 5.74) is 6.91. The maximum Gasteiger partial charge on any atom is 0.151 e. The van der Waals surface area contributed by atoms with Crippen LogP contribution in [-0.4, -0.2) is 9.97 Å². The Balaban J connectivity index is 2.13. The van der Waals surface area contributed by atoms with Crippen molar-refractivity contribution in [3.63, 3.8) is 0 Å². The average molecular weight is 219 g/mol. The van der Waals surface area contributed by atoms with Crippen LogP contribution in [0.3, 0.4) is 0 Å². The summed E-state index contributed by atoms with van der Waals surface area (Å²) in [7, 11) is 0. The molecule has 1 atom stereocenters.